The lowest BCUT2D eigenvalue weighted by Crippen LogP contribution is -2.02. The van der Waals surface area contributed by atoms with Crippen molar-refractivity contribution >= 4 is 23.1 Å². The summed E-state index contributed by atoms with van der Waals surface area (Å²) in [6, 6.07) is 7.50. The molecule has 0 amide bonds. The van der Waals surface area contributed by atoms with Crippen LogP contribution >= 0.6 is 11.6 Å². The number of benzene rings is 1. The molecule has 2 nitrogen and oxygen atoms in total. The van der Waals surface area contributed by atoms with E-state index in [0.29, 0.717) is 11.4 Å². The van der Waals surface area contributed by atoms with E-state index in [9.17, 15) is 4.79 Å². The van der Waals surface area contributed by atoms with E-state index >= 15 is 0 Å². The van der Waals surface area contributed by atoms with Gasteiger partial charge in [-0.2, -0.15) is 0 Å². The molecule has 0 unspecified atom stereocenters. The number of carbonyl (C=O) groups is 1. The summed E-state index contributed by atoms with van der Waals surface area (Å²) in [4.78, 5) is 11.8. The zero-order chi connectivity index (χ0) is 12.1. The Bertz CT molecular complexity index is 440. The van der Waals surface area contributed by atoms with Crippen LogP contribution in [-0.4, -0.2) is 5.78 Å². The highest BCUT2D eigenvalue weighted by Gasteiger charge is 2.12. The Morgan fingerprint density at radius 2 is 2.00 bits per heavy atom. The first-order valence-corrected chi connectivity index (χ1v) is 6.38. The Kier molecular flexibility index (Phi) is 4.21. The molecule has 1 aromatic rings. The molecule has 0 bridgehead atoms. The molecule has 0 spiro atoms. The van der Waals surface area contributed by atoms with Crippen molar-refractivity contribution in [3.63, 3.8) is 0 Å². The average Bonchev–Trinajstić information content (AvgIpc) is 2.52. The van der Waals surface area contributed by atoms with Gasteiger partial charge in [0.05, 0.1) is 0 Å². The molecule has 17 heavy (non-hydrogen) atoms. The lowest BCUT2D eigenvalue weighted by molar-refractivity contribution is -0.115. The van der Waals surface area contributed by atoms with Gasteiger partial charge in [0.2, 0.25) is 0 Å². The van der Waals surface area contributed by atoms with Crippen LogP contribution in [-0.2, 0) is 4.79 Å². The molecular weight excluding hydrogens is 234 g/mol. The van der Waals surface area contributed by atoms with Crippen molar-refractivity contribution in [2.45, 2.75) is 32.1 Å². The smallest absolute Gasteiger partial charge is 0.160 e. The van der Waals surface area contributed by atoms with Crippen LogP contribution in [0, 0.1) is 0 Å². The quantitative estimate of drug-likeness (QED) is 0.630. The van der Waals surface area contributed by atoms with Gasteiger partial charge in [0.15, 0.2) is 5.78 Å². The van der Waals surface area contributed by atoms with Gasteiger partial charge in [-0.15, -0.1) is 0 Å². The molecule has 0 radical (unpaired) electrons. The number of allylic oxidation sites excluding steroid dienone is 1. The number of rotatable bonds is 2. The van der Waals surface area contributed by atoms with Gasteiger partial charge in [-0.3, -0.25) is 4.79 Å². The molecule has 1 N–H and O–H groups in total. The molecule has 1 saturated carbocycles. The normalized spacial score (nSPS) is 19.1. The second-order valence-electron chi connectivity index (χ2n) is 4.31. The maximum atomic E-state index is 11.8. The Morgan fingerprint density at radius 1 is 1.18 bits per heavy atom. The number of hydrogen-bond donors (Lipinski definition) is 1. The van der Waals surface area contributed by atoms with E-state index in [1.54, 1.807) is 0 Å². The van der Waals surface area contributed by atoms with E-state index in [2.05, 4.69) is 5.32 Å². The van der Waals surface area contributed by atoms with Crippen LogP contribution < -0.4 is 5.32 Å². The summed E-state index contributed by atoms with van der Waals surface area (Å²) in [5.41, 5.74) is 1.82. The van der Waals surface area contributed by atoms with E-state index in [4.69, 9.17) is 11.6 Å². The molecule has 1 aromatic carbocycles. The largest absolute Gasteiger partial charge is 0.361 e. The maximum absolute atomic E-state index is 11.8. The van der Waals surface area contributed by atoms with Crippen LogP contribution in [0.2, 0.25) is 5.02 Å². The molecule has 1 aliphatic rings. The summed E-state index contributed by atoms with van der Waals surface area (Å²) >= 11 is 5.89. The summed E-state index contributed by atoms with van der Waals surface area (Å²) in [5.74, 6) is 0.275. The average molecular weight is 250 g/mol. The van der Waals surface area contributed by atoms with Crippen LogP contribution in [0.3, 0.4) is 0 Å². The predicted octanol–water partition coefficient (Wildman–Crippen LogP) is 4.17. The predicted molar refractivity (Wildman–Crippen MR) is 71.2 cm³/mol. The molecule has 2 rings (SSSR count). The van der Waals surface area contributed by atoms with Gasteiger partial charge in [0.25, 0.3) is 0 Å². The SMILES string of the molecule is O=C1CCCCCC1=CNc1cccc(Cl)c1. The summed E-state index contributed by atoms with van der Waals surface area (Å²) in [5, 5.41) is 3.84. The van der Waals surface area contributed by atoms with E-state index < -0.39 is 0 Å². The summed E-state index contributed by atoms with van der Waals surface area (Å²) in [7, 11) is 0. The first-order valence-electron chi connectivity index (χ1n) is 6.00. The minimum atomic E-state index is 0.275. The number of hydrogen-bond acceptors (Lipinski definition) is 2. The molecule has 1 fully saturated rings. The minimum Gasteiger partial charge on any atom is -0.361 e. The molecule has 3 heteroatoms. The van der Waals surface area contributed by atoms with Gasteiger partial charge in [-0.25, -0.2) is 0 Å². The Morgan fingerprint density at radius 3 is 2.82 bits per heavy atom. The number of anilines is 1. The number of nitrogens with one attached hydrogen (secondary N) is 1. The second-order valence-corrected chi connectivity index (χ2v) is 4.74. The van der Waals surface area contributed by atoms with E-state index in [1.807, 2.05) is 30.5 Å². The maximum Gasteiger partial charge on any atom is 0.160 e. The topological polar surface area (TPSA) is 29.1 Å². The van der Waals surface area contributed by atoms with Crippen LogP contribution in [0.4, 0.5) is 5.69 Å². The number of halogens is 1. The molecule has 0 saturated heterocycles. The molecule has 1 aliphatic carbocycles. The van der Waals surface area contributed by atoms with Crippen LogP contribution in [0.25, 0.3) is 0 Å². The monoisotopic (exact) mass is 249 g/mol. The highest BCUT2D eigenvalue weighted by atomic mass is 35.5. The van der Waals surface area contributed by atoms with Crippen LogP contribution in [0.5, 0.6) is 0 Å². The number of carbonyl (C=O) groups excluding carboxylic acids is 1. The Balaban J connectivity index is 2.06. The van der Waals surface area contributed by atoms with Crippen molar-refractivity contribution in [3.8, 4) is 0 Å². The highest BCUT2D eigenvalue weighted by molar-refractivity contribution is 6.30. The lowest BCUT2D eigenvalue weighted by Gasteiger charge is -2.05. The molecular formula is C14H16ClNO. The molecule has 90 valence electrons. The van der Waals surface area contributed by atoms with Crippen molar-refractivity contribution in [2.75, 3.05) is 5.32 Å². The zero-order valence-electron chi connectivity index (χ0n) is 9.71. The fourth-order valence-electron chi connectivity index (χ4n) is 1.98. The molecule has 0 heterocycles. The molecule has 0 aliphatic heterocycles. The lowest BCUT2D eigenvalue weighted by atomic mass is 10.1. The number of ketones is 1. The third kappa shape index (κ3) is 3.60. The molecule has 0 aromatic heterocycles. The van der Waals surface area contributed by atoms with Gasteiger partial charge in [-0.05, 0) is 37.5 Å². The first kappa shape index (κ1) is 12.2. The van der Waals surface area contributed by atoms with E-state index in [-0.39, 0.29) is 5.78 Å². The highest BCUT2D eigenvalue weighted by Crippen LogP contribution is 2.20. The Hall–Kier alpha value is -1.28. The zero-order valence-corrected chi connectivity index (χ0v) is 10.5. The van der Waals surface area contributed by atoms with Gasteiger partial charge in [0, 0.05) is 28.9 Å². The standard InChI is InChI=1S/C14H16ClNO/c15-12-6-4-7-13(9-12)16-10-11-5-2-1-3-8-14(11)17/h4,6-7,9-10,16H,1-3,5,8H2. The number of Topliss-reactive ketones (excluding diaryl/α,β-unsaturated/α-hetero) is 1. The third-order valence-corrected chi connectivity index (χ3v) is 3.18. The van der Waals surface area contributed by atoms with Gasteiger partial charge in [-0.1, -0.05) is 24.1 Å². The Labute approximate surface area is 107 Å². The van der Waals surface area contributed by atoms with Gasteiger partial charge in [0.1, 0.15) is 0 Å². The minimum absolute atomic E-state index is 0.275. The van der Waals surface area contributed by atoms with Crippen molar-refractivity contribution in [3.05, 3.63) is 41.1 Å². The van der Waals surface area contributed by atoms with Gasteiger partial charge >= 0.3 is 0 Å². The van der Waals surface area contributed by atoms with Crippen LogP contribution in [0.15, 0.2) is 36.0 Å². The fraction of sp³-hybridized carbons (Fsp3) is 0.357. The summed E-state index contributed by atoms with van der Waals surface area (Å²) < 4.78 is 0. The summed E-state index contributed by atoms with van der Waals surface area (Å²) in [6.45, 7) is 0. The van der Waals surface area contributed by atoms with E-state index in [1.165, 1.54) is 0 Å². The third-order valence-electron chi connectivity index (χ3n) is 2.95. The first-order chi connectivity index (χ1) is 8.25. The second kappa shape index (κ2) is 5.87. The fourth-order valence-corrected chi connectivity index (χ4v) is 2.17. The molecule has 0 atom stereocenters. The van der Waals surface area contributed by atoms with E-state index in [0.717, 1.165) is 36.9 Å². The van der Waals surface area contributed by atoms with Crippen LogP contribution in [0.1, 0.15) is 32.1 Å². The van der Waals surface area contributed by atoms with Gasteiger partial charge < -0.3 is 5.32 Å². The van der Waals surface area contributed by atoms with Crippen molar-refractivity contribution < 1.29 is 4.79 Å². The van der Waals surface area contributed by atoms with Crippen molar-refractivity contribution in [2.24, 2.45) is 0 Å². The van der Waals surface area contributed by atoms with Crippen molar-refractivity contribution in [1.29, 1.82) is 0 Å². The summed E-state index contributed by atoms with van der Waals surface area (Å²) in [6.07, 6.45) is 6.68. The van der Waals surface area contributed by atoms with Crippen molar-refractivity contribution in [1.82, 2.24) is 0 Å².